The van der Waals surface area contributed by atoms with Crippen LogP contribution in [0, 0.1) is 16.7 Å². The fourth-order valence-electron chi connectivity index (χ4n) is 3.04. The van der Waals surface area contributed by atoms with Crippen molar-refractivity contribution in [2.24, 2.45) is 16.7 Å². The highest BCUT2D eigenvalue weighted by atomic mass is 16.1. The van der Waals surface area contributed by atoms with Crippen molar-refractivity contribution in [2.45, 2.75) is 13.8 Å². The van der Waals surface area contributed by atoms with Gasteiger partial charge in [0, 0.05) is 19.0 Å². The molecule has 0 radical (unpaired) electrons. The Labute approximate surface area is 67.6 Å². The van der Waals surface area contributed by atoms with Crippen LogP contribution in [0.5, 0.6) is 0 Å². The monoisotopic (exact) mass is 153 g/mol. The van der Waals surface area contributed by atoms with Crippen molar-refractivity contribution >= 4 is 6.29 Å². The van der Waals surface area contributed by atoms with Crippen LogP contribution in [-0.4, -0.2) is 31.3 Å². The number of rotatable bonds is 1. The van der Waals surface area contributed by atoms with E-state index in [9.17, 15) is 4.79 Å². The van der Waals surface area contributed by atoms with Crippen LogP contribution in [0.2, 0.25) is 0 Å². The summed E-state index contributed by atoms with van der Waals surface area (Å²) in [4.78, 5) is 13.0. The third kappa shape index (κ3) is 0.598. The summed E-state index contributed by atoms with van der Waals surface area (Å²) >= 11 is 0. The van der Waals surface area contributed by atoms with Gasteiger partial charge in [-0.1, -0.05) is 13.8 Å². The van der Waals surface area contributed by atoms with Crippen LogP contribution in [0.3, 0.4) is 0 Å². The first-order chi connectivity index (χ1) is 5.04. The first-order valence-electron chi connectivity index (χ1n) is 4.18. The Morgan fingerprint density at radius 3 is 2.18 bits per heavy atom. The molecule has 0 bridgehead atoms. The molecule has 0 aromatic carbocycles. The van der Waals surface area contributed by atoms with Crippen molar-refractivity contribution in [3.63, 3.8) is 0 Å². The zero-order chi connectivity index (χ0) is 8.28. The van der Waals surface area contributed by atoms with E-state index in [1.165, 1.54) is 0 Å². The number of hydrogen-bond acceptors (Lipinski definition) is 2. The molecule has 62 valence electrons. The van der Waals surface area contributed by atoms with Crippen LogP contribution in [0.15, 0.2) is 0 Å². The lowest BCUT2D eigenvalue weighted by molar-refractivity contribution is -0.110. The number of carbonyl (C=O) groups is 1. The van der Waals surface area contributed by atoms with Crippen LogP contribution in [0.25, 0.3) is 0 Å². The normalized spacial score (nSPS) is 55.7. The Morgan fingerprint density at radius 1 is 1.36 bits per heavy atom. The summed E-state index contributed by atoms with van der Waals surface area (Å²) in [5.41, 5.74) is 0.590. The minimum Gasteiger partial charge on any atom is -0.305 e. The first-order valence-corrected chi connectivity index (χ1v) is 4.18. The minimum atomic E-state index is 0.295. The third-order valence-corrected chi connectivity index (χ3v) is 3.93. The van der Waals surface area contributed by atoms with E-state index < -0.39 is 0 Å². The summed E-state index contributed by atoms with van der Waals surface area (Å²) in [6.45, 7) is 6.64. The molecule has 1 heterocycles. The van der Waals surface area contributed by atoms with Gasteiger partial charge in [0.1, 0.15) is 6.29 Å². The van der Waals surface area contributed by atoms with Crippen LogP contribution >= 0.6 is 0 Å². The molecule has 0 aromatic rings. The molecule has 2 fully saturated rings. The average molecular weight is 153 g/mol. The summed E-state index contributed by atoms with van der Waals surface area (Å²) in [6, 6.07) is 0. The van der Waals surface area contributed by atoms with E-state index in [2.05, 4.69) is 25.8 Å². The van der Waals surface area contributed by atoms with Gasteiger partial charge in [0.05, 0.1) is 0 Å². The molecule has 0 spiro atoms. The summed E-state index contributed by atoms with van der Waals surface area (Å²) in [6.07, 6.45) is 1.15. The van der Waals surface area contributed by atoms with Crippen molar-refractivity contribution in [2.75, 3.05) is 20.1 Å². The van der Waals surface area contributed by atoms with E-state index in [-0.39, 0.29) is 0 Å². The molecule has 0 amide bonds. The second-order valence-electron chi connectivity index (χ2n) is 4.62. The molecule has 0 aromatic heterocycles. The molecular weight excluding hydrogens is 138 g/mol. The number of hydrogen-bond donors (Lipinski definition) is 0. The van der Waals surface area contributed by atoms with Gasteiger partial charge in [0.2, 0.25) is 0 Å². The molecule has 11 heavy (non-hydrogen) atoms. The fourth-order valence-corrected chi connectivity index (χ4v) is 3.04. The highest BCUT2D eigenvalue weighted by Gasteiger charge is 2.74. The molecule has 3 atom stereocenters. The Kier molecular flexibility index (Phi) is 1.12. The van der Waals surface area contributed by atoms with Crippen LogP contribution < -0.4 is 0 Å². The molecule has 2 aliphatic rings. The summed E-state index contributed by atoms with van der Waals surface area (Å²) in [5.74, 6) is 0.325. The smallest absolute Gasteiger partial charge is 0.124 e. The van der Waals surface area contributed by atoms with E-state index in [0.29, 0.717) is 16.7 Å². The molecule has 1 aliphatic carbocycles. The van der Waals surface area contributed by atoms with Gasteiger partial charge < -0.3 is 9.69 Å². The van der Waals surface area contributed by atoms with Gasteiger partial charge in [0.15, 0.2) is 0 Å². The van der Waals surface area contributed by atoms with Gasteiger partial charge in [-0.3, -0.25) is 0 Å². The maximum absolute atomic E-state index is 10.7. The first kappa shape index (κ1) is 7.29. The zero-order valence-corrected chi connectivity index (χ0v) is 7.42. The second-order valence-corrected chi connectivity index (χ2v) is 4.62. The van der Waals surface area contributed by atoms with Crippen molar-refractivity contribution in [3.05, 3.63) is 0 Å². The van der Waals surface area contributed by atoms with Gasteiger partial charge in [0.25, 0.3) is 0 Å². The van der Waals surface area contributed by atoms with Gasteiger partial charge in [-0.2, -0.15) is 0 Å². The van der Waals surface area contributed by atoms with Gasteiger partial charge in [-0.15, -0.1) is 0 Å². The van der Waals surface area contributed by atoms with Crippen molar-refractivity contribution in [3.8, 4) is 0 Å². The molecule has 1 aliphatic heterocycles. The number of nitrogens with zero attached hydrogens (tertiary/aromatic N) is 1. The molecule has 1 unspecified atom stereocenters. The third-order valence-electron chi connectivity index (χ3n) is 3.93. The van der Waals surface area contributed by atoms with E-state index in [0.717, 1.165) is 19.4 Å². The maximum Gasteiger partial charge on any atom is 0.124 e. The maximum atomic E-state index is 10.7. The number of piperidine rings is 1. The number of aldehydes is 1. The minimum absolute atomic E-state index is 0.295. The lowest BCUT2D eigenvalue weighted by Crippen LogP contribution is -2.23. The second kappa shape index (κ2) is 1.69. The summed E-state index contributed by atoms with van der Waals surface area (Å²) < 4.78 is 0. The largest absolute Gasteiger partial charge is 0.305 e. The van der Waals surface area contributed by atoms with E-state index in [4.69, 9.17) is 0 Å². The lowest BCUT2D eigenvalue weighted by Gasteiger charge is -2.14. The quantitative estimate of drug-likeness (QED) is 0.519. The predicted octanol–water partition coefficient (Wildman–Crippen LogP) is 0.773. The van der Waals surface area contributed by atoms with Crippen LogP contribution in [-0.2, 0) is 4.79 Å². The average Bonchev–Trinajstić information content (AvgIpc) is 2.15. The molecule has 2 heteroatoms. The molecular formula is C9H15NO. The van der Waals surface area contributed by atoms with Gasteiger partial charge in [-0.25, -0.2) is 0 Å². The Balaban J connectivity index is 2.25. The van der Waals surface area contributed by atoms with E-state index in [1.807, 2.05) is 0 Å². The summed E-state index contributed by atoms with van der Waals surface area (Å²) in [5, 5.41) is 0. The predicted molar refractivity (Wildman–Crippen MR) is 43.3 cm³/mol. The Hall–Kier alpha value is -0.370. The summed E-state index contributed by atoms with van der Waals surface area (Å²) in [7, 11) is 2.13. The van der Waals surface area contributed by atoms with Crippen LogP contribution in [0.4, 0.5) is 0 Å². The molecule has 0 N–H and O–H groups in total. The fraction of sp³-hybridized carbons (Fsp3) is 0.889. The highest BCUT2D eigenvalue weighted by Crippen LogP contribution is 2.71. The molecule has 1 saturated carbocycles. The van der Waals surface area contributed by atoms with Crippen molar-refractivity contribution in [1.82, 2.24) is 4.90 Å². The lowest BCUT2D eigenvalue weighted by atomic mass is 10.0. The van der Waals surface area contributed by atoms with Gasteiger partial charge in [-0.05, 0) is 17.9 Å². The topological polar surface area (TPSA) is 20.3 Å². The van der Waals surface area contributed by atoms with E-state index in [1.54, 1.807) is 0 Å². The molecule has 2 rings (SSSR count). The van der Waals surface area contributed by atoms with Crippen LogP contribution in [0.1, 0.15) is 13.8 Å². The number of likely N-dealkylation sites (tertiary alicyclic amines) is 1. The molecule has 1 saturated heterocycles. The SMILES string of the molecule is CN1C[C@@]2(C)C(C=O)[C@@]2(C)C1. The standard InChI is InChI=1S/C9H15NO/c1-8-5-10(3)6-9(8,2)7(8)4-11/h4,7H,5-6H2,1-3H3/t7?,8-,9+. The van der Waals surface area contributed by atoms with Gasteiger partial charge >= 0.3 is 0 Å². The van der Waals surface area contributed by atoms with Crippen molar-refractivity contribution < 1.29 is 4.79 Å². The van der Waals surface area contributed by atoms with Crippen molar-refractivity contribution in [1.29, 1.82) is 0 Å². The number of fused-ring (bicyclic) bond motifs is 1. The Bertz CT molecular complexity index is 198. The molecule has 2 nitrogen and oxygen atoms in total. The Morgan fingerprint density at radius 2 is 1.82 bits per heavy atom. The van der Waals surface area contributed by atoms with E-state index >= 15 is 0 Å². The zero-order valence-electron chi connectivity index (χ0n) is 7.42. The highest BCUT2D eigenvalue weighted by molar-refractivity contribution is 5.64. The number of carbonyl (C=O) groups excluding carboxylic acids is 1.